The molecule has 0 saturated carbocycles. The number of halogens is 3. The van der Waals surface area contributed by atoms with Crippen LogP contribution in [-0.2, 0) is 14.3 Å². The van der Waals surface area contributed by atoms with Crippen molar-refractivity contribution in [1.29, 1.82) is 0 Å². The van der Waals surface area contributed by atoms with E-state index in [1.54, 1.807) is 13.8 Å². The number of hydrogen-bond acceptors (Lipinski definition) is 3. The first-order chi connectivity index (χ1) is 6.23. The Hall–Kier alpha value is -0.780. The molecule has 0 aromatic rings. The minimum Gasteiger partial charge on any atom is -0.461 e. The molecule has 0 rings (SSSR count). The zero-order valence-corrected chi connectivity index (χ0v) is 8.22. The molecule has 0 aliphatic heterocycles. The van der Waals surface area contributed by atoms with E-state index in [2.05, 4.69) is 9.47 Å². The van der Waals surface area contributed by atoms with Crippen LogP contribution in [0.25, 0.3) is 0 Å². The number of ether oxygens (including phenoxy) is 2. The quantitative estimate of drug-likeness (QED) is 0.670. The summed E-state index contributed by atoms with van der Waals surface area (Å²) >= 11 is 0. The average Bonchev–Trinajstić information content (AvgIpc) is 1.96. The minimum atomic E-state index is -4.45. The normalized spacial score (nSPS) is 14.2. The highest BCUT2D eigenvalue weighted by Gasteiger charge is 2.37. The van der Waals surface area contributed by atoms with Gasteiger partial charge in [-0.05, 0) is 20.8 Å². The van der Waals surface area contributed by atoms with Crippen LogP contribution in [0.15, 0.2) is 0 Å². The molecule has 0 saturated heterocycles. The molecule has 0 aromatic carbocycles. The van der Waals surface area contributed by atoms with Gasteiger partial charge < -0.3 is 9.47 Å². The van der Waals surface area contributed by atoms with Crippen LogP contribution in [0, 0.1) is 0 Å². The second-order valence-corrected chi connectivity index (χ2v) is 3.03. The highest BCUT2D eigenvalue weighted by Crippen LogP contribution is 2.22. The maximum absolute atomic E-state index is 11.9. The molecular weight excluding hydrogens is 201 g/mol. The van der Waals surface area contributed by atoms with Crippen LogP contribution in [0.2, 0.25) is 0 Å². The van der Waals surface area contributed by atoms with Crippen molar-refractivity contribution in [2.45, 2.75) is 39.2 Å². The fourth-order valence-electron chi connectivity index (χ4n) is 0.584. The average molecular weight is 214 g/mol. The van der Waals surface area contributed by atoms with E-state index in [0.29, 0.717) is 0 Å². The number of alkyl halides is 3. The topological polar surface area (TPSA) is 35.5 Å². The van der Waals surface area contributed by atoms with Crippen molar-refractivity contribution >= 4 is 5.97 Å². The van der Waals surface area contributed by atoms with Crippen molar-refractivity contribution in [1.82, 2.24) is 0 Å². The van der Waals surface area contributed by atoms with Crippen LogP contribution in [0.5, 0.6) is 0 Å². The Bertz CT molecular complexity index is 189. The smallest absolute Gasteiger partial charge is 0.414 e. The molecule has 0 fully saturated rings. The molecular formula is C8H13F3O3. The van der Waals surface area contributed by atoms with E-state index in [0.717, 1.165) is 6.92 Å². The zero-order chi connectivity index (χ0) is 11.4. The van der Waals surface area contributed by atoms with Gasteiger partial charge >= 0.3 is 12.1 Å². The van der Waals surface area contributed by atoms with Crippen LogP contribution in [0.4, 0.5) is 13.2 Å². The number of rotatable bonds is 4. The Morgan fingerprint density at radius 3 is 2.14 bits per heavy atom. The SMILES string of the molecule is CC(C)OC(=O)COC(C)C(F)(F)F. The molecule has 0 heterocycles. The maximum atomic E-state index is 11.9. The summed E-state index contributed by atoms with van der Waals surface area (Å²) in [5.74, 6) is -0.795. The number of carbonyl (C=O) groups excluding carboxylic acids is 1. The van der Waals surface area contributed by atoms with Gasteiger partial charge in [-0.2, -0.15) is 13.2 Å². The van der Waals surface area contributed by atoms with Crippen LogP contribution in [0.1, 0.15) is 20.8 Å². The van der Waals surface area contributed by atoms with Gasteiger partial charge in [-0.1, -0.05) is 0 Å². The van der Waals surface area contributed by atoms with Gasteiger partial charge in [-0.3, -0.25) is 0 Å². The Kier molecular flexibility index (Phi) is 4.90. The molecule has 0 aliphatic carbocycles. The maximum Gasteiger partial charge on any atom is 0.414 e. The highest BCUT2D eigenvalue weighted by atomic mass is 19.4. The Labute approximate surface area is 80.2 Å². The standard InChI is InChI=1S/C8H13F3O3/c1-5(2)14-7(12)4-13-6(3)8(9,10)11/h5-6H,4H2,1-3H3. The van der Waals surface area contributed by atoms with Crippen LogP contribution in [0.3, 0.4) is 0 Å². The highest BCUT2D eigenvalue weighted by molar-refractivity contribution is 5.70. The van der Waals surface area contributed by atoms with Gasteiger partial charge in [-0.25, -0.2) is 4.79 Å². The van der Waals surface area contributed by atoms with E-state index >= 15 is 0 Å². The van der Waals surface area contributed by atoms with Crippen LogP contribution in [-0.4, -0.2) is 31.0 Å². The van der Waals surface area contributed by atoms with Crippen molar-refractivity contribution in [3.8, 4) is 0 Å². The predicted molar refractivity (Wildman–Crippen MR) is 42.7 cm³/mol. The lowest BCUT2D eigenvalue weighted by molar-refractivity contribution is -0.217. The largest absolute Gasteiger partial charge is 0.461 e. The zero-order valence-electron chi connectivity index (χ0n) is 8.22. The summed E-state index contributed by atoms with van der Waals surface area (Å²) in [6.07, 6.45) is -6.76. The van der Waals surface area contributed by atoms with Crippen molar-refractivity contribution in [3.63, 3.8) is 0 Å². The van der Waals surface area contributed by atoms with Gasteiger partial charge in [0.1, 0.15) is 6.61 Å². The number of esters is 1. The third kappa shape index (κ3) is 5.80. The Balaban J connectivity index is 3.78. The van der Waals surface area contributed by atoms with E-state index in [1.807, 2.05) is 0 Å². The summed E-state index contributed by atoms with van der Waals surface area (Å²) in [5.41, 5.74) is 0. The summed E-state index contributed by atoms with van der Waals surface area (Å²) in [6.45, 7) is 3.36. The van der Waals surface area contributed by atoms with E-state index in [9.17, 15) is 18.0 Å². The van der Waals surface area contributed by atoms with E-state index in [4.69, 9.17) is 0 Å². The van der Waals surface area contributed by atoms with Gasteiger partial charge in [0.2, 0.25) is 0 Å². The van der Waals surface area contributed by atoms with Crippen LogP contribution >= 0.6 is 0 Å². The fraction of sp³-hybridized carbons (Fsp3) is 0.875. The minimum absolute atomic E-state index is 0.354. The Morgan fingerprint density at radius 1 is 1.29 bits per heavy atom. The molecule has 0 bridgehead atoms. The van der Waals surface area contributed by atoms with Crippen molar-refractivity contribution in [3.05, 3.63) is 0 Å². The van der Waals surface area contributed by atoms with Crippen molar-refractivity contribution in [2.24, 2.45) is 0 Å². The monoisotopic (exact) mass is 214 g/mol. The first-order valence-electron chi connectivity index (χ1n) is 4.11. The second kappa shape index (κ2) is 5.19. The van der Waals surface area contributed by atoms with Crippen LogP contribution < -0.4 is 0 Å². The number of carbonyl (C=O) groups is 1. The molecule has 0 amide bonds. The van der Waals surface area contributed by atoms with Crippen molar-refractivity contribution in [2.75, 3.05) is 6.61 Å². The molecule has 0 N–H and O–H groups in total. The lowest BCUT2D eigenvalue weighted by Gasteiger charge is -2.16. The van der Waals surface area contributed by atoms with Gasteiger partial charge in [0, 0.05) is 0 Å². The van der Waals surface area contributed by atoms with E-state index in [-0.39, 0.29) is 6.10 Å². The molecule has 3 nitrogen and oxygen atoms in total. The molecule has 0 aromatic heterocycles. The molecule has 1 atom stereocenters. The van der Waals surface area contributed by atoms with Gasteiger partial charge in [0.15, 0.2) is 6.10 Å². The first kappa shape index (κ1) is 13.2. The predicted octanol–water partition coefficient (Wildman–Crippen LogP) is 1.91. The molecule has 0 aliphatic rings. The van der Waals surface area contributed by atoms with Gasteiger partial charge in [-0.15, -0.1) is 0 Å². The lowest BCUT2D eigenvalue weighted by atomic mass is 10.4. The number of hydrogen-bond donors (Lipinski definition) is 0. The lowest BCUT2D eigenvalue weighted by Crippen LogP contribution is -2.31. The third-order valence-corrected chi connectivity index (χ3v) is 1.28. The Morgan fingerprint density at radius 2 is 1.79 bits per heavy atom. The molecule has 14 heavy (non-hydrogen) atoms. The summed E-state index contributed by atoms with van der Waals surface area (Å²) in [7, 11) is 0. The molecule has 0 spiro atoms. The van der Waals surface area contributed by atoms with E-state index < -0.39 is 24.9 Å². The molecule has 6 heteroatoms. The molecule has 1 unspecified atom stereocenters. The molecule has 84 valence electrons. The van der Waals surface area contributed by atoms with Crippen molar-refractivity contribution < 1.29 is 27.4 Å². The first-order valence-corrected chi connectivity index (χ1v) is 4.11. The second-order valence-electron chi connectivity index (χ2n) is 3.03. The third-order valence-electron chi connectivity index (χ3n) is 1.28. The van der Waals surface area contributed by atoms with E-state index in [1.165, 1.54) is 0 Å². The van der Waals surface area contributed by atoms with Gasteiger partial charge in [0.05, 0.1) is 6.10 Å². The summed E-state index contributed by atoms with van der Waals surface area (Å²) in [5, 5.41) is 0. The summed E-state index contributed by atoms with van der Waals surface area (Å²) < 4.78 is 44.5. The summed E-state index contributed by atoms with van der Waals surface area (Å²) in [4.78, 5) is 10.8. The van der Waals surface area contributed by atoms with Gasteiger partial charge in [0.25, 0.3) is 0 Å². The fourth-order valence-corrected chi connectivity index (χ4v) is 0.584. The molecule has 0 radical (unpaired) electrons. The summed E-state index contributed by atoms with van der Waals surface area (Å²) in [6, 6.07) is 0.